The van der Waals surface area contributed by atoms with E-state index >= 15 is 0 Å². The number of aromatic nitrogens is 1. The molecule has 146 valence electrons. The van der Waals surface area contributed by atoms with Crippen LogP contribution >= 0.6 is 0 Å². The van der Waals surface area contributed by atoms with Gasteiger partial charge in [-0.1, -0.05) is 12.1 Å². The van der Waals surface area contributed by atoms with E-state index < -0.39 is 6.04 Å². The van der Waals surface area contributed by atoms with Gasteiger partial charge in [0.1, 0.15) is 11.8 Å². The highest BCUT2D eigenvalue weighted by Gasteiger charge is 2.18. The van der Waals surface area contributed by atoms with Crippen LogP contribution in [0.2, 0.25) is 0 Å². The van der Waals surface area contributed by atoms with Crippen molar-refractivity contribution in [2.45, 2.75) is 46.8 Å². The van der Waals surface area contributed by atoms with Crippen molar-refractivity contribution in [1.82, 2.24) is 4.57 Å². The van der Waals surface area contributed by atoms with Gasteiger partial charge in [-0.3, -0.25) is 9.59 Å². The second kappa shape index (κ2) is 7.89. The molecule has 3 aromatic rings. The number of hydrogen-bond acceptors (Lipinski definition) is 3. The first-order valence-electron chi connectivity index (χ1n) is 9.46. The molecule has 0 aliphatic heterocycles. The first-order chi connectivity index (χ1) is 13.3. The summed E-state index contributed by atoms with van der Waals surface area (Å²) >= 11 is 0. The number of benzene rings is 2. The van der Waals surface area contributed by atoms with Gasteiger partial charge in [-0.05, 0) is 81.5 Å². The topological polar surface area (TPSA) is 60.3 Å². The smallest absolute Gasteiger partial charge is 0.259 e. The number of carbonyl (C=O) groups is 1. The molecule has 0 fully saturated rings. The summed E-state index contributed by atoms with van der Waals surface area (Å²) in [4.78, 5) is 25.7. The van der Waals surface area contributed by atoms with Gasteiger partial charge >= 0.3 is 0 Å². The number of fused-ring (bicyclic) bond motifs is 1. The summed E-state index contributed by atoms with van der Waals surface area (Å²) in [7, 11) is 0. The van der Waals surface area contributed by atoms with E-state index in [0.717, 1.165) is 28.0 Å². The van der Waals surface area contributed by atoms with Gasteiger partial charge in [0.25, 0.3) is 5.56 Å². The van der Waals surface area contributed by atoms with E-state index in [0.29, 0.717) is 5.39 Å². The van der Waals surface area contributed by atoms with Gasteiger partial charge < -0.3 is 14.6 Å². The zero-order chi connectivity index (χ0) is 20.4. The molecular formula is C23H26N2O3. The molecule has 28 heavy (non-hydrogen) atoms. The Morgan fingerprint density at radius 1 is 1.04 bits per heavy atom. The lowest BCUT2D eigenvalue weighted by Crippen LogP contribution is -2.31. The number of anilines is 1. The maximum Gasteiger partial charge on any atom is 0.259 e. The summed E-state index contributed by atoms with van der Waals surface area (Å²) in [6.07, 6.45) is 1.73. The van der Waals surface area contributed by atoms with Gasteiger partial charge in [-0.25, -0.2) is 0 Å². The number of nitrogens with zero attached hydrogens (tertiary/aromatic N) is 1. The minimum absolute atomic E-state index is 0.0617. The predicted octanol–water partition coefficient (Wildman–Crippen LogP) is 4.61. The zero-order valence-electron chi connectivity index (χ0n) is 16.9. The third kappa shape index (κ3) is 4.09. The fraction of sp³-hybridized carbons (Fsp3) is 0.304. The maximum absolute atomic E-state index is 12.9. The minimum Gasteiger partial charge on any atom is -0.491 e. The van der Waals surface area contributed by atoms with Gasteiger partial charge in [-0.15, -0.1) is 0 Å². The van der Waals surface area contributed by atoms with E-state index in [9.17, 15) is 9.59 Å². The highest BCUT2D eigenvalue weighted by Crippen LogP contribution is 2.21. The van der Waals surface area contributed by atoms with Crippen LogP contribution in [0.25, 0.3) is 10.8 Å². The van der Waals surface area contributed by atoms with Crippen LogP contribution in [0.5, 0.6) is 5.75 Å². The second-order valence-electron chi connectivity index (χ2n) is 7.43. The second-order valence-corrected chi connectivity index (χ2v) is 7.43. The van der Waals surface area contributed by atoms with Crippen molar-refractivity contribution in [1.29, 1.82) is 0 Å². The molecule has 5 heteroatoms. The highest BCUT2D eigenvalue weighted by atomic mass is 16.5. The largest absolute Gasteiger partial charge is 0.491 e. The zero-order valence-corrected chi connectivity index (χ0v) is 16.9. The van der Waals surface area contributed by atoms with E-state index in [4.69, 9.17) is 4.74 Å². The van der Waals surface area contributed by atoms with Gasteiger partial charge in [0, 0.05) is 17.3 Å². The third-order valence-corrected chi connectivity index (χ3v) is 4.72. The van der Waals surface area contributed by atoms with Crippen LogP contribution < -0.4 is 15.6 Å². The number of rotatable bonds is 5. The molecule has 1 aromatic heterocycles. The van der Waals surface area contributed by atoms with E-state index in [-0.39, 0.29) is 17.6 Å². The fourth-order valence-corrected chi connectivity index (χ4v) is 3.13. The number of amides is 1. The summed E-state index contributed by atoms with van der Waals surface area (Å²) in [5.74, 6) is 0.496. The highest BCUT2D eigenvalue weighted by molar-refractivity contribution is 5.94. The molecule has 1 heterocycles. The normalized spacial score (nSPS) is 12.2. The first-order valence-corrected chi connectivity index (χ1v) is 9.46. The molecule has 0 spiro atoms. The molecule has 2 aromatic carbocycles. The van der Waals surface area contributed by atoms with E-state index in [1.807, 2.05) is 58.0 Å². The minimum atomic E-state index is -0.636. The molecule has 5 nitrogen and oxygen atoms in total. The Balaban J connectivity index is 1.89. The average Bonchev–Trinajstić information content (AvgIpc) is 2.64. The number of carbonyl (C=O) groups excluding carboxylic acids is 1. The summed E-state index contributed by atoms with van der Waals surface area (Å²) in [6.45, 7) is 9.56. The summed E-state index contributed by atoms with van der Waals surface area (Å²) < 4.78 is 7.16. The lowest BCUT2D eigenvalue weighted by molar-refractivity contribution is -0.118. The number of aryl methyl sites for hydroxylation is 2. The molecule has 3 rings (SSSR count). The van der Waals surface area contributed by atoms with E-state index in [1.54, 1.807) is 25.3 Å². The van der Waals surface area contributed by atoms with Crippen LogP contribution in [0.15, 0.2) is 53.5 Å². The van der Waals surface area contributed by atoms with Gasteiger partial charge in [-0.2, -0.15) is 0 Å². The molecule has 0 radical (unpaired) electrons. The Labute approximate surface area is 165 Å². The van der Waals surface area contributed by atoms with Gasteiger partial charge in [0.2, 0.25) is 5.91 Å². The summed E-state index contributed by atoms with van der Waals surface area (Å²) in [6, 6.07) is 12.5. The van der Waals surface area contributed by atoms with Crippen molar-refractivity contribution in [2.24, 2.45) is 0 Å². The number of nitrogens with one attached hydrogen (secondary N) is 1. The molecule has 0 bridgehead atoms. The summed E-state index contributed by atoms with van der Waals surface area (Å²) in [5.41, 5.74) is 2.61. The third-order valence-electron chi connectivity index (χ3n) is 4.72. The Kier molecular flexibility index (Phi) is 5.54. The molecule has 0 aliphatic carbocycles. The van der Waals surface area contributed by atoms with Crippen molar-refractivity contribution >= 4 is 22.4 Å². The Hall–Kier alpha value is -3.08. The number of ether oxygens (including phenoxy) is 1. The number of pyridine rings is 1. The van der Waals surface area contributed by atoms with Crippen molar-refractivity contribution < 1.29 is 9.53 Å². The van der Waals surface area contributed by atoms with Crippen LogP contribution in [0.3, 0.4) is 0 Å². The molecule has 0 aliphatic rings. The van der Waals surface area contributed by atoms with Crippen LogP contribution in [0.4, 0.5) is 5.69 Å². The molecule has 1 amide bonds. The lowest BCUT2D eigenvalue weighted by Gasteiger charge is -2.17. The molecule has 0 saturated carbocycles. The van der Waals surface area contributed by atoms with Crippen molar-refractivity contribution in [3.63, 3.8) is 0 Å². The Morgan fingerprint density at radius 3 is 2.50 bits per heavy atom. The molecule has 0 saturated heterocycles. The molecule has 1 atom stereocenters. The fourth-order valence-electron chi connectivity index (χ4n) is 3.13. The number of hydrogen-bond donors (Lipinski definition) is 1. The van der Waals surface area contributed by atoms with Gasteiger partial charge in [0.15, 0.2) is 0 Å². The van der Waals surface area contributed by atoms with Crippen LogP contribution in [-0.2, 0) is 4.79 Å². The van der Waals surface area contributed by atoms with Crippen molar-refractivity contribution in [3.8, 4) is 5.75 Å². The quantitative estimate of drug-likeness (QED) is 0.705. The lowest BCUT2D eigenvalue weighted by atomic mass is 10.1. The van der Waals surface area contributed by atoms with E-state index in [1.165, 1.54) is 4.57 Å². The van der Waals surface area contributed by atoms with Crippen molar-refractivity contribution in [2.75, 3.05) is 5.32 Å². The SMILES string of the molecule is Cc1ccc(C)c(NC(=O)C(C)n2ccc3cc(OC(C)C)ccc3c2=O)c1. The summed E-state index contributed by atoms with van der Waals surface area (Å²) in [5, 5.41) is 4.29. The van der Waals surface area contributed by atoms with Crippen LogP contribution in [-0.4, -0.2) is 16.6 Å². The molecule has 1 unspecified atom stereocenters. The van der Waals surface area contributed by atoms with E-state index in [2.05, 4.69) is 5.32 Å². The first kappa shape index (κ1) is 19.7. The molecular weight excluding hydrogens is 352 g/mol. The predicted molar refractivity (Wildman–Crippen MR) is 113 cm³/mol. The maximum atomic E-state index is 12.9. The standard InChI is InChI=1S/C23H26N2O3/c1-14(2)28-19-8-9-20-18(13-19)10-11-25(23(20)27)17(5)22(26)24-21-12-15(3)6-7-16(21)4/h6-14,17H,1-5H3,(H,24,26). The Bertz CT molecular complexity index is 1080. The monoisotopic (exact) mass is 378 g/mol. The Morgan fingerprint density at radius 2 is 1.79 bits per heavy atom. The van der Waals surface area contributed by atoms with Crippen molar-refractivity contribution in [3.05, 3.63) is 70.1 Å². The van der Waals surface area contributed by atoms with Gasteiger partial charge in [0.05, 0.1) is 6.10 Å². The average molecular weight is 378 g/mol. The van der Waals surface area contributed by atoms with Crippen LogP contribution in [0, 0.1) is 13.8 Å². The molecule has 1 N–H and O–H groups in total. The van der Waals surface area contributed by atoms with Crippen LogP contribution in [0.1, 0.15) is 37.9 Å².